The molecule has 0 spiro atoms. The second kappa shape index (κ2) is 5.55. The third-order valence-corrected chi connectivity index (χ3v) is 3.84. The number of rotatable bonds is 4. The Labute approximate surface area is 107 Å². The molecule has 0 unspecified atom stereocenters. The van der Waals surface area contributed by atoms with Crippen molar-refractivity contribution in [2.75, 3.05) is 0 Å². The van der Waals surface area contributed by atoms with E-state index >= 15 is 0 Å². The maximum atomic E-state index is 12.0. The Morgan fingerprint density at radius 2 is 1.61 bits per heavy atom. The minimum Gasteiger partial charge on any atom is -0.258 e. The molecule has 0 aliphatic carbocycles. The quantitative estimate of drug-likeness (QED) is 0.628. The van der Waals surface area contributed by atoms with E-state index in [0.717, 1.165) is 10.5 Å². The van der Waals surface area contributed by atoms with Crippen molar-refractivity contribution in [3.8, 4) is 0 Å². The Hall–Kier alpha value is -2.01. The van der Waals surface area contributed by atoms with Crippen molar-refractivity contribution in [1.82, 2.24) is 0 Å². The van der Waals surface area contributed by atoms with Gasteiger partial charge in [0.05, 0.1) is 21.5 Å². The Bertz CT molecular complexity index is 567. The second-order valence-electron chi connectivity index (χ2n) is 3.73. The van der Waals surface area contributed by atoms with Gasteiger partial charge in [-0.25, -0.2) is 0 Å². The summed E-state index contributed by atoms with van der Waals surface area (Å²) < 4.78 is 12.0. The van der Waals surface area contributed by atoms with E-state index in [-0.39, 0.29) is 5.69 Å². The summed E-state index contributed by atoms with van der Waals surface area (Å²) in [4.78, 5) is 10.8. The number of hydrogen-bond donors (Lipinski definition) is 0. The number of nitrogens with zero attached hydrogens (tertiary/aromatic N) is 1. The van der Waals surface area contributed by atoms with Gasteiger partial charge in [-0.2, -0.15) is 0 Å². The van der Waals surface area contributed by atoms with Crippen LogP contribution in [0.15, 0.2) is 59.5 Å². The minimum atomic E-state index is -1.12. The predicted molar refractivity (Wildman–Crippen MR) is 69.7 cm³/mol. The highest BCUT2D eigenvalue weighted by Crippen LogP contribution is 2.15. The maximum absolute atomic E-state index is 12.0. The van der Waals surface area contributed by atoms with E-state index in [1.807, 2.05) is 30.3 Å². The molecule has 0 amide bonds. The fourth-order valence-corrected chi connectivity index (χ4v) is 2.64. The lowest BCUT2D eigenvalue weighted by molar-refractivity contribution is -0.384. The molecule has 0 N–H and O–H groups in total. The molecule has 2 aromatic rings. The molecule has 0 bridgehead atoms. The normalized spacial score (nSPS) is 12.0. The largest absolute Gasteiger partial charge is 0.269 e. The lowest BCUT2D eigenvalue weighted by Crippen LogP contribution is -1.96. The highest BCUT2D eigenvalue weighted by atomic mass is 32.2. The van der Waals surface area contributed by atoms with Crippen LogP contribution < -0.4 is 0 Å². The van der Waals surface area contributed by atoms with Crippen molar-refractivity contribution in [2.45, 2.75) is 10.6 Å². The van der Waals surface area contributed by atoms with Gasteiger partial charge in [0.1, 0.15) is 0 Å². The summed E-state index contributed by atoms with van der Waals surface area (Å²) in [6, 6.07) is 15.3. The van der Waals surface area contributed by atoms with Gasteiger partial charge in [0.15, 0.2) is 0 Å². The van der Waals surface area contributed by atoms with Crippen molar-refractivity contribution in [2.24, 2.45) is 0 Å². The molecule has 0 saturated carbocycles. The van der Waals surface area contributed by atoms with Crippen molar-refractivity contribution < 1.29 is 9.13 Å². The van der Waals surface area contributed by atoms with E-state index in [9.17, 15) is 14.3 Å². The molecule has 1 atom stereocenters. The monoisotopic (exact) mass is 261 g/mol. The molecule has 0 aromatic heterocycles. The standard InChI is InChI=1S/C13H11NO3S/c15-14(16)12-8-6-11(7-9-12)10-18(17)13-4-2-1-3-5-13/h1-9H,10H2/t18-/m0/s1. The number of hydrogen-bond acceptors (Lipinski definition) is 3. The predicted octanol–water partition coefficient (Wildman–Crippen LogP) is 2.90. The first kappa shape index (κ1) is 12.4. The smallest absolute Gasteiger partial charge is 0.258 e. The van der Waals surface area contributed by atoms with E-state index in [4.69, 9.17) is 0 Å². The van der Waals surface area contributed by atoms with E-state index in [1.165, 1.54) is 12.1 Å². The molecular weight excluding hydrogens is 250 g/mol. The van der Waals surface area contributed by atoms with Gasteiger partial charge in [-0.1, -0.05) is 30.3 Å². The number of nitro groups is 1. The molecular formula is C13H11NO3S. The first-order valence-corrected chi connectivity index (χ1v) is 6.65. The topological polar surface area (TPSA) is 60.2 Å². The molecule has 0 fully saturated rings. The molecule has 0 radical (unpaired) electrons. The van der Waals surface area contributed by atoms with E-state index < -0.39 is 15.7 Å². The summed E-state index contributed by atoms with van der Waals surface area (Å²) in [6.45, 7) is 0. The zero-order valence-electron chi connectivity index (χ0n) is 9.48. The number of benzene rings is 2. The van der Waals surface area contributed by atoms with Gasteiger partial charge in [0.25, 0.3) is 5.69 Å². The summed E-state index contributed by atoms with van der Waals surface area (Å²) in [7, 11) is -1.12. The van der Waals surface area contributed by atoms with Gasteiger partial charge < -0.3 is 0 Å². The Morgan fingerprint density at radius 1 is 1.00 bits per heavy atom. The van der Waals surface area contributed by atoms with Crippen LogP contribution in [0, 0.1) is 10.1 Å². The molecule has 2 aromatic carbocycles. The van der Waals surface area contributed by atoms with Crippen LogP contribution in [0.1, 0.15) is 5.56 Å². The Kier molecular flexibility index (Phi) is 3.84. The van der Waals surface area contributed by atoms with Crippen LogP contribution in [0.3, 0.4) is 0 Å². The SMILES string of the molecule is O=[N+]([O-])c1ccc(C[S@](=O)c2ccccc2)cc1. The summed E-state index contributed by atoms with van der Waals surface area (Å²) in [5.74, 6) is 0.363. The van der Waals surface area contributed by atoms with Crippen LogP contribution >= 0.6 is 0 Å². The summed E-state index contributed by atoms with van der Waals surface area (Å²) in [5.41, 5.74) is 0.868. The minimum absolute atomic E-state index is 0.0456. The molecule has 4 nitrogen and oxygen atoms in total. The maximum Gasteiger partial charge on any atom is 0.269 e. The average Bonchev–Trinajstić information content (AvgIpc) is 2.40. The summed E-state index contributed by atoms with van der Waals surface area (Å²) >= 11 is 0. The molecule has 0 aliphatic rings. The molecule has 2 rings (SSSR count). The third kappa shape index (κ3) is 3.01. The van der Waals surface area contributed by atoms with Crippen molar-refractivity contribution in [3.05, 3.63) is 70.3 Å². The van der Waals surface area contributed by atoms with Gasteiger partial charge in [-0.05, 0) is 17.7 Å². The molecule has 92 valence electrons. The van der Waals surface area contributed by atoms with Crippen molar-refractivity contribution >= 4 is 16.5 Å². The average molecular weight is 261 g/mol. The second-order valence-corrected chi connectivity index (χ2v) is 5.18. The highest BCUT2D eigenvalue weighted by Gasteiger charge is 2.07. The third-order valence-electron chi connectivity index (χ3n) is 2.45. The zero-order valence-corrected chi connectivity index (χ0v) is 10.3. The molecule has 0 saturated heterocycles. The van der Waals surface area contributed by atoms with Gasteiger partial charge in [0.2, 0.25) is 0 Å². The number of non-ortho nitro benzene ring substituents is 1. The Morgan fingerprint density at radius 3 is 2.17 bits per heavy atom. The first-order valence-electron chi connectivity index (χ1n) is 5.33. The fraction of sp³-hybridized carbons (Fsp3) is 0.0769. The lowest BCUT2D eigenvalue weighted by atomic mass is 10.2. The molecule has 0 aliphatic heterocycles. The summed E-state index contributed by atoms with van der Waals surface area (Å²) in [5, 5.41) is 10.5. The number of nitro benzene ring substituents is 1. The van der Waals surface area contributed by atoms with Gasteiger partial charge in [0, 0.05) is 17.0 Å². The zero-order chi connectivity index (χ0) is 13.0. The van der Waals surface area contributed by atoms with Crippen LogP contribution in [0.25, 0.3) is 0 Å². The molecule has 5 heteroatoms. The van der Waals surface area contributed by atoms with E-state index in [2.05, 4.69) is 0 Å². The van der Waals surface area contributed by atoms with E-state index in [1.54, 1.807) is 12.1 Å². The van der Waals surface area contributed by atoms with Crippen LogP contribution in [0.4, 0.5) is 5.69 Å². The highest BCUT2D eigenvalue weighted by molar-refractivity contribution is 7.84. The van der Waals surface area contributed by atoms with Crippen LogP contribution in [-0.4, -0.2) is 9.13 Å². The fourth-order valence-electron chi connectivity index (χ4n) is 1.52. The van der Waals surface area contributed by atoms with Crippen LogP contribution in [-0.2, 0) is 16.6 Å². The van der Waals surface area contributed by atoms with E-state index in [0.29, 0.717) is 5.75 Å². The van der Waals surface area contributed by atoms with Crippen LogP contribution in [0.2, 0.25) is 0 Å². The summed E-state index contributed by atoms with van der Waals surface area (Å²) in [6.07, 6.45) is 0. The van der Waals surface area contributed by atoms with Gasteiger partial charge in [-0.15, -0.1) is 0 Å². The van der Waals surface area contributed by atoms with Crippen molar-refractivity contribution in [3.63, 3.8) is 0 Å². The van der Waals surface area contributed by atoms with Gasteiger partial charge >= 0.3 is 0 Å². The first-order chi connectivity index (χ1) is 8.66. The lowest BCUT2D eigenvalue weighted by Gasteiger charge is -2.02. The van der Waals surface area contributed by atoms with Crippen LogP contribution in [0.5, 0.6) is 0 Å². The van der Waals surface area contributed by atoms with Crippen molar-refractivity contribution in [1.29, 1.82) is 0 Å². The molecule has 0 heterocycles. The Balaban J connectivity index is 2.10. The molecule has 18 heavy (non-hydrogen) atoms. The van der Waals surface area contributed by atoms with Gasteiger partial charge in [-0.3, -0.25) is 14.3 Å².